The summed E-state index contributed by atoms with van der Waals surface area (Å²) in [5.74, 6) is -0.372. The van der Waals surface area contributed by atoms with Crippen LogP contribution in [-0.2, 0) is 9.59 Å². The van der Waals surface area contributed by atoms with Gasteiger partial charge in [-0.25, -0.2) is 4.98 Å². The van der Waals surface area contributed by atoms with Gasteiger partial charge in [0.15, 0.2) is 5.13 Å². The molecule has 3 aromatic carbocycles. The largest absolute Gasteiger partial charge is 0.322 e. The summed E-state index contributed by atoms with van der Waals surface area (Å²) < 4.78 is 0. The summed E-state index contributed by atoms with van der Waals surface area (Å²) in [6.07, 6.45) is 4.93. The van der Waals surface area contributed by atoms with E-state index in [1.54, 1.807) is 12.3 Å². The first-order chi connectivity index (χ1) is 16.2. The second-order valence-electron chi connectivity index (χ2n) is 7.00. The molecule has 1 heterocycles. The van der Waals surface area contributed by atoms with Crippen LogP contribution in [0.5, 0.6) is 0 Å². The Bertz CT molecular complexity index is 1230. The number of thioether (sulfide) groups is 1. The van der Waals surface area contributed by atoms with Gasteiger partial charge in [-0.3, -0.25) is 9.59 Å². The number of rotatable bonds is 8. The first kappa shape index (κ1) is 22.5. The Morgan fingerprint density at radius 1 is 0.909 bits per heavy atom. The monoisotopic (exact) mass is 471 g/mol. The Kier molecular flexibility index (Phi) is 7.68. The standard InChI is InChI=1S/C26H21N3O2S2/c30-23(15-14-19-8-3-1-4-9-19)28-21-12-7-13-22(18-21)33-24(20-10-5-2-6-11-20)25(31)29-26-27-16-17-32-26/h1-18,24H,(H,28,30)(H,27,29,31)/b15-14+. The van der Waals surface area contributed by atoms with Crippen molar-refractivity contribution in [3.05, 3.63) is 114 Å². The van der Waals surface area contributed by atoms with Gasteiger partial charge in [0.25, 0.3) is 0 Å². The van der Waals surface area contributed by atoms with Gasteiger partial charge in [-0.15, -0.1) is 23.1 Å². The molecule has 2 amide bonds. The summed E-state index contributed by atoms with van der Waals surface area (Å²) in [5.41, 5.74) is 2.50. The van der Waals surface area contributed by atoms with Crippen molar-refractivity contribution in [2.45, 2.75) is 10.1 Å². The van der Waals surface area contributed by atoms with Gasteiger partial charge in [-0.05, 0) is 35.4 Å². The van der Waals surface area contributed by atoms with Gasteiger partial charge < -0.3 is 10.6 Å². The molecule has 0 bridgehead atoms. The molecule has 0 saturated heterocycles. The van der Waals surface area contributed by atoms with Crippen LogP contribution >= 0.6 is 23.1 Å². The van der Waals surface area contributed by atoms with Crippen LogP contribution in [0.4, 0.5) is 10.8 Å². The van der Waals surface area contributed by atoms with E-state index in [0.717, 1.165) is 16.0 Å². The zero-order valence-corrected chi connectivity index (χ0v) is 19.2. The number of thiazole rings is 1. The van der Waals surface area contributed by atoms with Crippen molar-refractivity contribution in [1.82, 2.24) is 4.98 Å². The third-order valence-electron chi connectivity index (χ3n) is 4.59. The van der Waals surface area contributed by atoms with Gasteiger partial charge in [-0.2, -0.15) is 0 Å². The first-order valence-corrected chi connectivity index (χ1v) is 12.0. The maximum Gasteiger partial charge on any atom is 0.248 e. The maximum atomic E-state index is 13.1. The van der Waals surface area contributed by atoms with Crippen molar-refractivity contribution >= 4 is 51.8 Å². The normalized spacial score (nSPS) is 11.8. The summed E-state index contributed by atoms with van der Waals surface area (Å²) in [7, 11) is 0. The third kappa shape index (κ3) is 6.65. The van der Waals surface area contributed by atoms with E-state index in [-0.39, 0.29) is 11.8 Å². The van der Waals surface area contributed by atoms with Crippen LogP contribution in [0.25, 0.3) is 6.08 Å². The van der Waals surface area contributed by atoms with Crippen molar-refractivity contribution in [3.8, 4) is 0 Å². The molecule has 0 aliphatic carbocycles. The molecule has 1 atom stereocenters. The van der Waals surface area contributed by atoms with E-state index in [9.17, 15) is 9.59 Å². The number of benzene rings is 3. The van der Waals surface area contributed by atoms with Gasteiger partial charge in [0.1, 0.15) is 5.25 Å². The van der Waals surface area contributed by atoms with Gasteiger partial charge in [0.05, 0.1) is 0 Å². The molecule has 4 rings (SSSR count). The topological polar surface area (TPSA) is 71.1 Å². The number of carbonyl (C=O) groups is 2. The quantitative estimate of drug-likeness (QED) is 0.235. The summed E-state index contributed by atoms with van der Waals surface area (Å²) in [6, 6.07) is 26.7. The number of carbonyl (C=O) groups excluding carboxylic acids is 2. The smallest absolute Gasteiger partial charge is 0.248 e. The summed E-state index contributed by atoms with van der Waals surface area (Å²) in [5, 5.41) is 7.68. The molecular weight excluding hydrogens is 450 g/mol. The van der Waals surface area contributed by atoms with Gasteiger partial charge in [0, 0.05) is 28.2 Å². The second-order valence-corrected chi connectivity index (χ2v) is 9.07. The maximum absolute atomic E-state index is 13.1. The highest BCUT2D eigenvalue weighted by atomic mass is 32.2. The lowest BCUT2D eigenvalue weighted by molar-refractivity contribution is -0.116. The summed E-state index contributed by atoms with van der Waals surface area (Å²) in [6.45, 7) is 0. The van der Waals surface area contributed by atoms with Crippen LogP contribution in [0.3, 0.4) is 0 Å². The highest BCUT2D eigenvalue weighted by molar-refractivity contribution is 8.00. The Balaban J connectivity index is 1.47. The third-order valence-corrected chi connectivity index (χ3v) is 6.52. The molecule has 0 saturated carbocycles. The van der Waals surface area contributed by atoms with Gasteiger partial charge in [0.2, 0.25) is 11.8 Å². The molecule has 5 nitrogen and oxygen atoms in total. The van der Waals surface area contributed by atoms with Crippen LogP contribution in [-0.4, -0.2) is 16.8 Å². The fraction of sp³-hybridized carbons (Fsp3) is 0.0385. The molecular formula is C26H21N3O2S2. The highest BCUT2D eigenvalue weighted by Crippen LogP contribution is 2.37. The summed E-state index contributed by atoms with van der Waals surface area (Å²) >= 11 is 2.79. The molecule has 1 aromatic heterocycles. The number of hydrogen-bond donors (Lipinski definition) is 2. The van der Waals surface area contributed by atoms with Crippen LogP contribution in [0.15, 0.2) is 107 Å². The average molecular weight is 472 g/mol. The number of nitrogens with one attached hydrogen (secondary N) is 2. The van der Waals surface area contributed by atoms with Crippen molar-refractivity contribution in [2.24, 2.45) is 0 Å². The second kappa shape index (κ2) is 11.3. The molecule has 7 heteroatoms. The predicted molar refractivity (Wildman–Crippen MR) is 136 cm³/mol. The van der Waals surface area contributed by atoms with E-state index >= 15 is 0 Å². The molecule has 4 aromatic rings. The lowest BCUT2D eigenvalue weighted by Gasteiger charge is -2.16. The van der Waals surface area contributed by atoms with E-state index < -0.39 is 5.25 Å². The lowest BCUT2D eigenvalue weighted by Crippen LogP contribution is -2.18. The van der Waals surface area contributed by atoms with Crippen molar-refractivity contribution in [2.75, 3.05) is 10.6 Å². The molecule has 0 aliphatic rings. The molecule has 1 unspecified atom stereocenters. The van der Waals surface area contributed by atoms with Crippen LogP contribution in [0, 0.1) is 0 Å². The van der Waals surface area contributed by atoms with Crippen LogP contribution < -0.4 is 10.6 Å². The molecule has 0 spiro atoms. The van der Waals surface area contributed by atoms with Crippen LogP contribution in [0.1, 0.15) is 16.4 Å². The SMILES string of the molecule is O=C(/C=C/c1ccccc1)Nc1cccc(SC(C(=O)Nc2nccs2)c2ccccc2)c1. The van der Waals surface area contributed by atoms with Crippen molar-refractivity contribution in [1.29, 1.82) is 0 Å². The van der Waals surface area contributed by atoms with Gasteiger partial charge in [-0.1, -0.05) is 66.7 Å². The fourth-order valence-corrected chi connectivity index (χ4v) is 4.68. The number of nitrogens with zero attached hydrogens (tertiary/aromatic N) is 1. The van der Waals surface area contributed by atoms with Gasteiger partial charge >= 0.3 is 0 Å². The van der Waals surface area contributed by atoms with E-state index in [4.69, 9.17) is 0 Å². The number of hydrogen-bond acceptors (Lipinski definition) is 5. The minimum absolute atomic E-state index is 0.151. The zero-order valence-electron chi connectivity index (χ0n) is 17.5. The average Bonchev–Trinajstić information content (AvgIpc) is 3.36. The molecule has 0 aliphatic heterocycles. The van der Waals surface area contributed by atoms with E-state index in [2.05, 4.69) is 15.6 Å². The molecule has 164 valence electrons. The molecule has 0 radical (unpaired) electrons. The van der Waals surface area contributed by atoms with E-state index in [0.29, 0.717) is 10.8 Å². The fourth-order valence-electron chi connectivity index (χ4n) is 3.06. The number of anilines is 2. The van der Waals surface area contributed by atoms with E-state index in [1.165, 1.54) is 29.2 Å². The predicted octanol–water partition coefficient (Wildman–Crippen LogP) is 6.27. The lowest BCUT2D eigenvalue weighted by atomic mass is 10.1. The van der Waals surface area contributed by atoms with E-state index in [1.807, 2.05) is 90.3 Å². The Labute approximate surface area is 200 Å². The van der Waals surface area contributed by atoms with Crippen LogP contribution in [0.2, 0.25) is 0 Å². The Hall–Kier alpha value is -3.68. The number of aromatic nitrogens is 1. The molecule has 0 fully saturated rings. The zero-order chi connectivity index (χ0) is 22.9. The minimum Gasteiger partial charge on any atom is -0.322 e. The number of amides is 2. The highest BCUT2D eigenvalue weighted by Gasteiger charge is 2.23. The minimum atomic E-state index is -0.473. The molecule has 33 heavy (non-hydrogen) atoms. The van der Waals surface area contributed by atoms with Crippen molar-refractivity contribution < 1.29 is 9.59 Å². The molecule has 2 N–H and O–H groups in total. The summed E-state index contributed by atoms with van der Waals surface area (Å²) in [4.78, 5) is 30.4. The Morgan fingerprint density at radius 2 is 1.67 bits per heavy atom. The Morgan fingerprint density at radius 3 is 2.39 bits per heavy atom. The van der Waals surface area contributed by atoms with Crippen molar-refractivity contribution in [3.63, 3.8) is 0 Å². The first-order valence-electron chi connectivity index (χ1n) is 10.2.